The van der Waals surface area contributed by atoms with Crippen LogP contribution in [0.3, 0.4) is 0 Å². The number of amides is 3. The van der Waals surface area contributed by atoms with Crippen molar-refractivity contribution >= 4 is 23.7 Å². The molecule has 0 bridgehead atoms. The van der Waals surface area contributed by atoms with E-state index in [4.69, 9.17) is 5.73 Å². The summed E-state index contributed by atoms with van der Waals surface area (Å²) in [6, 6.07) is 14.1. The van der Waals surface area contributed by atoms with Crippen LogP contribution in [0, 0.1) is 0 Å². The van der Waals surface area contributed by atoms with Gasteiger partial charge in [-0.25, -0.2) is 10.2 Å². The third kappa shape index (κ3) is 6.28. The Hall–Kier alpha value is -2.55. The van der Waals surface area contributed by atoms with Gasteiger partial charge in [-0.05, 0) is 29.7 Å². The Morgan fingerprint density at radius 2 is 1.63 bits per heavy atom. The molecule has 0 saturated carbocycles. The van der Waals surface area contributed by atoms with Gasteiger partial charge in [0.15, 0.2) is 0 Å². The molecule has 0 aliphatic heterocycles. The Kier molecular flexibility index (Phi) is 8.12. The van der Waals surface area contributed by atoms with E-state index in [1.807, 2.05) is 48.5 Å². The predicted molar refractivity (Wildman–Crippen MR) is 105 cm³/mol. The molecule has 2 aromatic rings. The lowest BCUT2D eigenvalue weighted by Gasteiger charge is -2.14. The van der Waals surface area contributed by atoms with E-state index < -0.39 is 18.0 Å². The second-order valence-electron chi connectivity index (χ2n) is 5.79. The third-order valence-electron chi connectivity index (χ3n) is 3.85. The van der Waals surface area contributed by atoms with Gasteiger partial charge in [0.05, 0.1) is 12.6 Å². The first-order chi connectivity index (χ1) is 13.0. The highest BCUT2D eigenvalue weighted by atomic mass is 32.2. The second-order valence-corrected chi connectivity index (χ2v) is 6.87. The summed E-state index contributed by atoms with van der Waals surface area (Å²) in [7, 11) is 0. The summed E-state index contributed by atoms with van der Waals surface area (Å²) in [4.78, 5) is 25.4. The highest BCUT2D eigenvalue weighted by molar-refractivity contribution is 7.99. The number of carbonyl (C=O) groups excluding carboxylic acids is 2. The van der Waals surface area contributed by atoms with Gasteiger partial charge in [0, 0.05) is 16.3 Å². The van der Waals surface area contributed by atoms with Crippen LogP contribution in [0.4, 0.5) is 4.79 Å². The minimum Gasteiger partial charge on any atom is -0.392 e. The lowest BCUT2D eigenvalue weighted by Crippen LogP contribution is -2.51. The van der Waals surface area contributed by atoms with Gasteiger partial charge in [-0.3, -0.25) is 10.2 Å². The van der Waals surface area contributed by atoms with Crippen molar-refractivity contribution in [2.75, 3.05) is 0 Å². The topological polar surface area (TPSA) is 116 Å². The molecule has 7 nitrogen and oxygen atoms in total. The van der Waals surface area contributed by atoms with Crippen LogP contribution in [0.25, 0.3) is 0 Å². The number of nitrogens with one attached hydrogen (secondary N) is 3. The monoisotopic (exact) mass is 388 g/mol. The molecular formula is C19H24N4O3S. The molecule has 27 heavy (non-hydrogen) atoms. The van der Waals surface area contributed by atoms with Gasteiger partial charge in [0.2, 0.25) is 0 Å². The number of rotatable bonds is 7. The largest absolute Gasteiger partial charge is 0.392 e. The first kappa shape index (κ1) is 20.8. The summed E-state index contributed by atoms with van der Waals surface area (Å²) < 4.78 is 0. The van der Waals surface area contributed by atoms with Crippen LogP contribution < -0.4 is 21.9 Å². The van der Waals surface area contributed by atoms with E-state index in [1.165, 1.54) is 11.8 Å². The summed E-state index contributed by atoms with van der Waals surface area (Å²) in [5.41, 5.74) is 11.9. The second kappa shape index (κ2) is 10.6. The number of aliphatic hydroxyl groups is 1. The maximum absolute atomic E-state index is 11.9. The lowest BCUT2D eigenvalue weighted by atomic mass is 10.2. The van der Waals surface area contributed by atoms with Crippen molar-refractivity contribution in [3.8, 4) is 0 Å². The number of aliphatic hydroxyl groups excluding tert-OH is 1. The van der Waals surface area contributed by atoms with E-state index >= 15 is 0 Å². The Balaban J connectivity index is 1.96. The van der Waals surface area contributed by atoms with Crippen molar-refractivity contribution in [3.05, 3.63) is 59.7 Å². The van der Waals surface area contributed by atoms with Gasteiger partial charge in [0.25, 0.3) is 5.91 Å². The standard InChI is InChI=1S/C19H24N4O3S/c1-2-15(20)18(25)22-23-19(26)21-11-13-7-3-5-9-16(13)27-17-10-6-4-8-14(17)12-24/h3-10,15,24H,2,11-12,20H2,1H3,(H,22,25)(H2,21,23,26)/t15-/m1/s1. The van der Waals surface area contributed by atoms with Gasteiger partial charge in [-0.1, -0.05) is 55.1 Å². The van der Waals surface area contributed by atoms with Crippen LogP contribution in [-0.2, 0) is 17.9 Å². The molecule has 0 heterocycles. The van der Waals surface area contributed by atoms with Crippen LogP contribution in [0.1, 0.15) is 24.5 Å². The third-order valence-corrected chi connectivity index (χ3v) is 5.09. The van der Waals surface area contributed by atoms with Crippen LogP contribution in [-0.4, -0.2) is 23.1 Å². The van der Waals surface area contributed by atoms with Crippen molar-refractivity contribution in [1.82, 2.24) is 16.2 Å². The summed E-state index contributed by atoms with van der Waals surface area (Å²) in [6.07, 6.45) is 0.481. The van der Waals surface area contributed by atoms with Crippen LogP contribution in [0.15, 0.2) is 58.3 Å². The fraction of sp³-hybridized carbons (Fsp3) is 0.263. The zero-order valence-electron chi connectivity index (χ0n) is 15.1. The molecular weight excluding hydrogens is 364 g/mol. The molecule has 0 spiro atoms. The molecule has 0 fully saturated rings. The van der Waals surface area contributed by atoms with Gasteiger partial charge < -0.3 is 16.2 Å². The maximum Gasteiger partial charge on any atom is 0.333 e. The zero-order chi connectivity index (χ0) is 19.6. The average molecular weight is 388 g/mol. The highest BCUT2D eigenvalue weighted by Crippen LogP contribution is 2.32. The molecule has 144 valence electrons. The predicted octanol–water partition coefficient (Wildman–Crippen LogP) is 1.90. The molecule has 0 aliphatic rings. The van der Waals surface area contributed by atoms with Crippen molar-refractivity contribution in [2.24, 2.45) is 5.73 Å². The van der Waals surface area contributed by atoms with Crippen LogP contribution in [0.2, 0.25) is 0 Å². The minimum atomic E-state index is -0.658. The zero-order valence-corrected chi connectivity index (χ0v) is 15.9. The number of benzene rings is 2. The van der Waals surface area contributed by atoms with E-state index in [9.17, 15) is 14.7 Å². The number of hydrogen-bond acceptors (Lipinski definition) is 5. The first-order valence-corrected chi connectivity index (χ1v) is 9.40. The number of hydrazine groups is 1. The fourth-order valence-electron chi connectivity index (χ4n) is 2.22. The van der Waals surface area contributed by atoms with E-state index in [-0.39, 0.29) is 13.2 Å². The molecule has 0 radical (unpaired) electrons. The molecule has 0 unspecified atom stereocenters. The number of nitrogens with two attached hydrogens (primary N) is 1. The van der Waals surface area contributed by atoms with E-state index in [0.29, 0.717) is 6.42 Å². The van der Waals surface area contributed by atoms with Crippen LogP contribution in [0.5, 0.6) is 0 Å². The maximum atomic E-state index is 11.9. The summed E-state index contributed by atoms with van der Waals surface area (Å²) in [6.45, 7) is 2.03. The molecule has 2 rings (SSSR count). The SMILES string of the molecule is CC[C@@H](N)C(=O)NNC(=O)NCc1ccccc1Sc1ccccc1CO. The molecule has 1 atom stereocenters. The molecule has 3 amide bonds. The minimum absolute atomic E-state index is 0.0361. The molecule has 8 heteroatoms. The summed E-state index contributed by atoms with van der Waals surface area (Å²) in [5.74, 6) is -0.441. The van der Waals surface area contributed by atoms with E-state index in [2.05, 4.69) is 16.2 Å². The Bertz CT molecular complexity index is 785. The number of carbonyl (C=O) groups is 2. The Labute approximate surface area is 162 Å². The summed E-state index contributed by atoms with van der Waals surface area (Å²) in [5, 5.41) is 12.2. The van der Waals surface area contributed by atoms with Gasteiger partial charge >= 0.3 is 6.03 Å². The lowest BCUT2D eigenvalue weighted by molar-refractivity contribution is -0.123. The molecule has 0 saturated heterocycles. The first-order valence-electron chi connectivity index (χ1n) is 8.59. The number of hydrogen-bond donors (Lipinski definition) is 5. The van der Waals surface area contributed by atoms with Gasteiger partial charge in [0.1, 0.15) is 0 Å². The normalized spacial score (nSPS) is 11.5. The average Bonchev–Trinajstić information content (AvgIpc) is 2.71. The van der Waals surface area contributed by atoms with Crippen molar-refractivity contribution in [1.29, 1.82) is 0 Å². The quantitative estimate of drug-likeness (QED) is 0.465. The fourth-order valence-corrected chi connectivity index (χ4v) is 3.28. The Morgan fingerprint density at radius 3 is 2.26 bits per heavy atom. The number of urea groups is 1. The highest BCUT2D eigenvalue weighted by Gasteiger charge is 2.12. The van der Waals surface area contributed by atoms with Gasteiger partial charge in [-0.15, -0.1) is 0 Å². The Morgan fingerprint density at radius 1 is 1.04 bits per heavy atom. The molecule has 0 aromatic heterocycles. The smallest absolute Gasteiger partial charge is 0.333 e. The van der Waals surface area contributed by atoms with E-state index in [1.54, 1.807) is 6.92 Å². The molecule has 0 aliphatic carbocycles. The molecule has 2 aromatic carbocycles. The summed E-state index contributed by atoms with van der Waals surface area (Å²) >= 11 is 1.52. The van der Waals surface area contributed by atoms with E-state index in [0.717, 1.165) is 20.9 Å². The van der Waals surface area contributed by atoms with Crippen LogP contribution >= 0.6 is 11.8 Å². The van der Waals surface area contributed by atoms with Crippen molar-refractivity contribution < 1.29 is 14.7 Å². The van der Waals surface area contributed by atoms with Crippen molar-refractivity contribution in [2.45, 2.75) is 42.3 Å². The van der Waals surface area contributed by atoms with Crippen molar-refractivity contribution in [3.63, 3.8) is 0 Å². The molecule has 6 N–H and O–H groups in total. The van der Waals surface area contributed by atoms with Gasteiger partial charge in [-0.2, -0.15) is 0 Å².